The van der Waals surface area contributed by atoms with Gasteiger partial charge in [-0.1, -0.05) is 0 Å². The second-order valence-electron chi connectivity index (χ2n) is 5.62. The number of isocyanates is 1. The predicted octanol–water partition coefficient (Wildman–Crippen LogP) is 1.98. The van der Waals surface area contributed by atoms with Gasteiger partial charge >= 0.3 is 0 Å². The Morgan fingerprint density at radius 1 is 1.10 bits per heavy atom. The molecule has 0 saturated heterocycles. The Morgan fingerprint density at radius 3 is 2.45 bits per heavy atom. The van der Waals surface area contributed by atoms with Crippen LogP contribution in [0.3, 0.4) is 0 Å². The van der Waals surface area contributed by atoms with Crippen molar-refractivity contribution >= 4 is 6.08 Å². The number of ether oxygens (including phenoxy) is 2. The second kappa shape index (κ2) is 4.00. The van der Waals surface area contributed by atoms with Crippen molar-refractivity contribution in [2.75, 3.05) is 13.2 Å². The van der Waals surface area contributed by atoms with Crippen molar-refractivity contribution in [1.82, 2.24) is 0 Å². The van der Waals surface area contributed by atoms with Gasteiger partial charge in [0.15, 0.2) is 11.5 Å². The minimum Gasteiger partial charge on any atom is -0.504 e. The van der Waals surface area contributed by atoms with E-state index >= 15 is 0 Å². The van der Waals surface area contributed by atoms with Gasteiger partial charge in [0.05, 0.1) is 13.2 Å². The predicted molar refractivity (Wildman–Crippen MR) is 70.2 cm³/mol. The zero-order valence-electron chi connectivity index (χ0n) is 11.1. The van der Waals surface area contributed by atoms with Crippen LogP contribution in [0.1, 0.15) is 36.0 Å². The molecule has 0 amide bonds. The lowest BCUT2D eigenvalue weighted by atomic mass is 9.69. The van der Waals surface area contributed by atoms with Gasteiger partial charge in [-0.25, -0.2) is 4.79 Å². The van der Waals surface area contributed by atoms with Crippen LogP contribution in [0.5, 0.6) is 17.2 Å². The summed E-state index contributed by atoms with van der Waals surface area (Å²) in [7, 11) is 0. The molecule has 2 heterocycles. The van der Waals surface area contributed by atoms with E-state index in [1.807, 2.05) is 0 Å². The monoisotopic (exact) mass is 273 g/mol. The molecule has 0 bridgehead atoms. The summed E-state index contributed by atoms with van der Waals surface area (Å²) in [5.74, 6) is 1.50. The number of carbonyl (C=O) groups excluding carboxylic acids is 1. The quantitative estimate of drug-likeness (QED) is 0.661. The summed E-state index contributed by atoms with van der Waals surface area (Å²) < 4.78 is 11.3. The van der Waals surface area contributed by atoms with E-state index in [0.717, 1.165) is 48.1 Å². The van der Waals surface area contributed by atoms with Crippen LogP contribution in [0.25, 0.3) is 0 Å². The minimum atomic E-state index is -0.512. The Labute approximate surface area is 116 Å². The van der Waals surface area contributed by atoms with Crippen LogP contribution in [0.15, 0.2) is 4.99 Å². The van der Waals surface area contributed by atoms with Gasteiger partial charge in [-0.05, 0) is 19.3 Å². The zero-order valence-corrected chi connectivity index (χ0v) is 11.1. The summed E-state index contributed by atoms with van der Waals surface area (Å²) in [5, 5.41) is 10.3. The Morgan fingerprint density at radius 2 is 1.80 bits per heavy atom. The Balaban J connectivity index is 2.02. The van der Waals surface area contributed by atoms with Gasteiger partial charge in [0, 0.05) is 29.5 Å². The minimum absolute atomic E-state index is 0.207. The van der Waals surface area contributed by atoms with E-state index in [0.29, 0.717) is 25.4 Å². The molecule has 5 heteroatoms. The van der Waals surface area contributed by atoms with Crippen molar-refractivity contribution in [2.24, 2.45) is 4.99 Å². The smallest absolute Gasteiger partial charge is 0.235 e. The Bertz CT molecular complexity index is 607. The van der Waals surface area contributed by atoms with Crippen molar-refractivity contribution in [1.29, 1.82) is 0 Å². The molecule has 0 aromatic heterocycles. The summed E-state index contributed by atoms with van der Waals surface area (Å²) in [4.78, 5) is 14.9. The number of aliphatic imine (C=N–C) groups is 1. The maximum atomic E-state index is 10.8. The number of phenolic OH excluding ortho intramolecular Hbond substituents is 1. The zero-order chi connectivity index (χ0) is 13.7. The van der Waals surface area contributed by atoms with Crippen LogP contribution in [0, 0.1) is 0 Å². The molecule has 1 aromatic rings. The molecule has 104 valence electrons. The van der Waals surface area contributed by atoms with Crippen LogP contribution in [0.2, 0.25) is 0 Å². The van der Waals surface area contributed by atoms with E-state index < -0.39 is 5.54 Å². The highest BCUT2D eigenvalue weighted by Gasteiger charge is 2.46. The maximum absolute atomic E-state index is 10.8. The normalized spacial score (nSPS) is 21.0. The molecule has 20 heavy (non-hydrogen) atoms. The molecule has 1 aromatic carbocycles. The van der Waals surface area contributed by atoms with E-state index in [1.54, 1.807) is 6.08 Å². The fourth-order valence-corrected chi connectivity index (χ4v) is 3.59. The highest BCUT2D eigenvalue weighted by Crippen LogP contribution is 2.57. The molecule has 0 atom stereocenters. The van der Waals surface area contributed by atoms with Crippen molar-refractivity contribution in [3.63, 3.8) is 0 Å². The van der Waals surface area contributed by atoms with Gasteiger partial charge in [0.2, 0.25) is 6.08 Å². The third-order valence-corrected chi connectivity index (χ3v) is 4.68. The first-order valence-electron chi connectivity index (χ1n) is 7.02. The fraction of sp³-hybridized carbons (Fsp3) is 0.533. The second-order valence-corrected chi connectivity index (χ2v) is 5.62. The summed E-state index contributed by atoms with van der Waals surface area (Å²) in [6.45, 7) is 1.11. The summed E-state index contributed by atoms with van der Waals surface area (Å²) in [6, 6.07) is 0. The van der Waals surface area contributed by atoms with E-state index in [9.17, 15) is 9.90 Å². The van der Waals surface area contributed by atoms with Crippen LogP contribution in [-0.2, 0) is 23.2 Å². The summed E-state index contributed by atoms with van der Waals surface area (Å²) in [6.07, 6.45) is 5.82. The third-order valence-electron chi connectivity index (χ3n) is 4.68. The summed E-state index contributed by atoms with van der Waals surface area (Å²) in [5.41, 5.74) is 2.21. The average molecular weight is 273 g/mol. The molecule has 3 aliphatic rings. The van der Waals surface area contributed by atoms with Crippen LogP contribution >= 0.6 is 0 Å². The topological polar surface area (TPSA) is 68.1 Å². The summed E-state index contributed by atoms with van der Waals surface area (Å²) >= 11 is 0. The number of hydrogen-bond acceptors (Lipinski definition) is 5. The lowest BCUT2D eigenvalue weighted by molar-refractivity contribution is 0.242. The van der Waals surface area contributed by atoms with Crippen molar-refractivity contribution in [3.8, 4) is 17.2 Å². The molecule has 1 saturated carbocycles. The van der Waals surface area contributed by atoms with Crippen molar-refractivity contribution < 1.29 is 19.4 Å². The number of nitrogens with zero attached hydrogens (tertiary/aromatic N) is 1. The Hall–Kier alpha value is -2.00. The van der Waals surface area contributed by atoms with E-state index in [2.05, 4.69) is 4.99 Å². The van der Waals surface area contributed by atoms with Crippen LogP contribution in [-0.4, -0.2) is 24.4 Å². The number of phenols is 1. The molecule has 1 N–H and O–H groups in total. The molecule has 1 aliphatic carbocycles. The van der Waals surface area contributed by atoms with Crippen LogP contribution in [0.4, 0.5) is 0 Å². The lowest BCUT2D eigenvalue weighted by Crippen LogP contribution is -2.33. The first-order valence-corrected chi connectivity index (χ1v) is 7.02. The van der Waals surface area contributed by atoms with Gasteiger partial charge in [-0.15, -0.1) is 0 Å². The SMILES string of the molecule is O=C=NC1(c2c3c(c(O)c4c2OCC4)OCC3)CCC1. The van der Waals surface area contributed by atoms with E-state index in [-0.39, 0.29) is 5.75 Å². The first kappa shape index (κ1) is 11.8. The molecular formula is C15H15NO4. The largest absolute Gasteiger partial charge is 0.504 e. The lowest BCUT2D eigenvalue weighted by Gasteiger charge is -2.39. The molecule has 2 aliphatic heterocycles. The maximum Gasteiger partial charge on any atom is 0.235 e. The first-order chi connectivity index (χ1) is 9.77. The van der Waals surface area contributed by atoms with Gasteiger partial charge in [0.1, 0.15) is 11.3 Å². The molecular weight excluding hydrogens is 258 g/mol. The third kappa shape index (κ3) is 1.33. The highest BCUT2D eigenvalue weighted by molar-refractivity contribution is 5.67. The van der Waals surface area contributed by atoms with E-state index in [4.69, 9.17) is 9.47 Å². The van der Waals surface area contributed by atoms with Gasteiger partial charge < -0.3 is 14.6 Å². The van der Waals surface area contributed by atoms with Gasteiger partial charge in [-0.3, -0.25) is 0 Å². The average Bonchev–Trinajstić information content (AvgIpc) is 3.04. The number of rotatable bonds is 2. The van der Waals surface area contributed by atoms with Crippen molar-refractivity contribution in [2.45, 2.75) is 37.6 Å². The molecule has 0 radical (unpaired) electrons. The molecule has 0 unspecified atom stereocenters. The van der Waals surface area contributed by atoms with Crippen molar-refractivity contribution in [3.05, 3.63) is 16.7 Å². The van der Waals surface area contributed by atoms with Gasteiger partial charge in [-0.2, -0.15) is 4.99 Å². The number of fused-ring (bicyclic) bond motifs is 2. The highest BCUT2D eigenvalue weighted by atomic mass is 16.5. The number of benzene rings is 1. The number of hydrogen-bond donors (Lipinski definition) is 1. The van der Waals surface area contributed by atoms with E-state index in [1.165, 1.54) is 0 Å². The molecule has 5 nitrogen and oxygen atoms in total. The fourth-order valence-electron chi connectivity index (χ4n) is 3.59. The van der Waals surface area contributed by atoms with Gasteiger partial charge in [0.25, 0.3) is 0 Å². The molecule has 4 rings (SSSR count). The molecule has 1 fully saturated rings. The molecule has 0 spiro atoms. The Kier molecular flexibility index (Phi) is 2.36. The number of aromatic hydroxyl groups is 1. The van der Waals surface area contributed by atoms with Crippen LogP contribution < -0.4 is 9.47 Å². The standard InChI is InChI=1S/C15H15NO4/c17-8-16-15(4-1-5-15)11-9-2-6-20-14(9)12(18)10-3-7-19-13(10)11/h18H,1-7H2.